The Kier molecular flexibility index (Phi) is 5.93. The number of thioether (sulfide) groups is 1. The molecule has 90 valence electrons. The van der Waals surface area contributed by atoms with Gasteiger partial charge in [-0.15, -0.1) is 11.8 Å². The van der Waals surface area contributed by atoms with E-state index in [-0.39, 0.29) is 6.10 Å². The van der Waals surface area contributed by atoms with Crippen molar-refractivity contribution < 1.29 is 5.11 Å². The van der Waals surface area contributed by atoms with Crippen LogP contribution in [0.1, 0.15) is 44.8 Å². The van der Waals surface area contributed by atoms with Gasteiger partial charge in [-0.1, -0.05) is 44.9 Å². The van der Waals surface area contributed by atoms with Gasteiger partial charge in [-0.2, -0.15) is 0 Å². The van der Waals surface area contributed by atoms with Gasteiger partial charge < -0.3 is 5.11 Å². The van der Waals surface area contributed by atoms with E-state index in [2.05, 4.69) is 26.2 Å². The molecule has 1 aromatic rings. The Morgan fingerprint density at radius 2 is 1.88 bits per heavy atom. The third-order valence-electron chi connectivity index (χ3n) is 2.76. The summed E-state index contributed by atoms with van der Waals surface area (Å²) in [7, 11) is 0. The Morgan fingerprint density at radius 3 is 2.50 bits per heavy atom. The second kappa shape index (κ2) is 6.97. The molecular weight excluding hydrogens is 216 g/mol. The molecule has 16 heavy (non-hydrogen) atoms. The van der Waals surface area contributed by atoms with Crippen molar-refractivity contribution in [2.75, 3.05) is 6.26 Å². The second-order valence-corrected chi connectivity index (χ2v) is 5.43. The molecule has 1 rings (SSSR count). The van der Waals surface area contributed by atoms with Crippen molar-refractivity contribution in [2.24, 2.45) is 5.92 Å². The summed E-state index contributed by atoms with van der Waals surface area (Å²) in [4.78, 5) is 1.19. The van der Waals surface area contributed by atoms with Crippen LogP contribution in [0.3, 0.4) is 0 Å². The predicted molar refractivity (Wildman–Crippen MR) is 71.9 cm³/mol. The van der Waals surface area contributed by atoms with Crippen molar-refractivity contribution >= 4 is 11.8 Å². The van der Waals surface area contributed by atoms with E-state index in [1.54, 1.807) is 11.8 Å². The highest BCUT2D eigenvalue weighted by Crippen LogP contribution is 2.28. The number of rotatable bonds is 6. The van der Waals surface area contributed by atoms with Gasteiger partial charge in [0.05, 0.1) is 6.10 Å². The highest BCUT2D eigenvalue weighted by Gasteiger charge is 2.11. The molecule has 0 aliphatic rings. The quantitative estimate of drug-likeness (QED) is 0.747. The lowest BCUT2D eigenvalue weighted by Crippen LogP contribution is -2.00. The predicted octanol–water partition coefficient (Wildman–Crippen LogP) is 4.27. The lowest BCUT2D eigenvalue weighted by molar-refractivity contribution is 0.159. The molecule has 1 aromatic carbocycles. The molecule has 0 aromatic heterocycles. The lowest BCUT2D eigenvalue weighted by Gasteiger charge is -2.14. The van der Waals surface area contributed by atoms with Gasteiger partial charge >= 0.3 is 0 Å². The SMILES string of the molecule is CSc1ccccc1C(O)CCCC(C)C. The van der Waals surface area contributed by atoms with Crippen LogP contribution in [0, 0.1) is 5.92 Å². The molecule has 1 atom stereocenters. The van der Waals surface area contributed by atoms with Crippen molar-refractivity contribution in [3.63, 3.8) is 0 Å². The molecule has 0 saturated heterocycles. The number of aliphatic hydroxyl groups is 1. The zero-order valence-corrected chi connectivity index (χ0v) is 11.3. The molecule has 0 radical (unpaired) electrons. The number of benzene rings is 1. The molecule has 0 bridgehead atoms. The molecule has 1 unspecified atom stereocenters. The van der Waals surface area contributed by atoms with Crippen LogP contribution in [-0.2, 0) is 0 Å². The first kappa shape index (κ1) is 13.6. The van der Waals surface area contributed by atoms with Crippen LogP contribution in [0.15, 0.2) is 29.2 Å². The first-order chi connectivity index (χ1) is 7.65. The van der Waals surface area contributed by atoms with Crippen LogP contribution >= 0.6 is 11.8 Å². The van der Waals surface area contributed by atoms with E-state index in [4.69, 9.17) is 0 Å². The number of hydrogen-bond acceptors (Lipinski definition) is 2. The Labute approximate surface area is 103 Å². The molecule has 0 spiro atoms. The summed E-state index contributed by atoms with van der Waals surface area (Å²) in [6, 6.07) is 8.13. The van der Waals surface area contributed by atoms with E-state index in [1.807, 2.05) is 18.2 Å². The first-order valence-corrected chi connectivity index (χ1v) is 7.18. The Balaban J connectivity index is 2.55. The average Bonchev–Trinajstić information content (AvgIpc) is 2.28. The van der Waals surface area contributed by atoms with Gasteiger partial charge in [0.2, 0.25) is 0 Å². The van der Waals surface area contributed by atoms with E-state index in [1.165, 1.54) is 11.3 Å². The summed E-state index contributed by atoms with van der Waals surface area (Å²) in [5.74, 6) is 0.725. The number of aliphatic hydroxyl groups excluding tert-OH is 1. The second-order valence-electron chi connectivity index (χ2n) is 4.58. The third-order valence-corrected chi connectivity index (χ3v) is 3.57. The van der Waals surface area contributed by atoms with Gasteiger partial charge in [0.25, 0.3) is 0 Å². The molecular formula is C14H22OS. The zero-order chi connectivity index (χ0) is 12.0. The molecule has 0 fully saturated rings. The van der Waals surface area contributed by atoms with Crippen molar-refractivity contribution in [3.8, 4) is 0 Å². The smallest absolute Gasteiger partial charge is 0.0800 e. The Morgan fingerprint density at radius 1 is 1.19 bits per heavy atom. The molecule has 1 nitrogen and oxygen atoms in total. The summed E-state index contributed by atoms with van der Waals surface area (Å²) >= 11 is 1.70. The van der Waals surface area contributed by atoms with Crippen LogP contribution in [0.25, 0.3) is 0 Å². The standard InChI is InChI=1S/C14H22OS/c1-11(2)7-6-9-13(15)12-8-4-5-10-14(12)16-3/h4-5,8,10-11,13,15H,6-7,9H2,1-3H3. The molecule has 0 amide bonds. The van der Waals surface area contributed by atoms with Crippen molar-refractivity contribution in [1.82, 2.24) is 0 Å². The van der Waals surface area contributed by atoms with Crippen LogP contribution in [0.5, 0.6) is 0 Å². The fraction of sp³-hybridized carbons (Fsp3) is 0.571. The zero-order valence-electron chi connectivity index (χ0n) is 10.4. The highest BCUT2D eigenvalue weighted by molar-refractivity contribution is 7.98. The van der Waals surface area contributed by atoms with E-state index in [9.17, 15) is 5.11 Å². The average molecular weight is 238 g/mol. The lowest BCUT2D eigenvalue weighted by atomic mass is 10.0. The number of hydrogen-bond donors (Lipinski definition) is 1. The van der Waals surface area contributed by atoms with Crippen molar-refractivity contribution in [1.29, 1.82) is 0 Å². The minimum absolute atomic E-state index is 0.303. The monoisotopic (exact) mass is 238 g/mol. The first-order valence-electron chi connectivity index (χ1n) is 5.96. The van der Waals surface area contributed by atoms with E-state index >= 15 is 0 Å². The van der Waals surface area contributed by atoms with Crippen molar-refractivity contribution in [2.45, 2.75) is 44.1 Å². The van der Waals surface area contributed by atoms with Crippen LogP contribution in [-0.4, -0.2) is 11.4 Å². The van der Waals surface area contributed by atoms with Gasteiger partial charge in [-0.05, 0) is 30.2 Å². The maximum atomic E-state index is 10.1. The topological polar surface area (TPSA) is 20.2 Å². The maximum absolute atomic E-state index is 10.1. The molecule has 0 heterocycles. The maximum Gasteiger partial charge on any atom is 0.0800 e. The van der Waals surface area contributed by atoms with E-state index in [0.717, 1.165) is 24.3 Å². The molecule has 1 N–H and O–H groups in total. The summed E-state index contributed by atoms with van der Waals surface area (Å²) in [5, 5.41) is 10.1. The van der Waals surface area contributed by atoms with Gasteiger partial charge in [0, 0.05) is 4.90 Å². The fourth-order valence-electron chi connectivity index (χ4n) is 1.82. The largest absolute Gasteiger partial charge is 0.388 e. The Hall–Kier alpha value is -0.470. The van der Waals surface area contributed by atoms with E-state index < -0.39 is 0 Å². The molecule has 0 aliphatic carbocycles. The normalized spacial score (nSPS) is 13.1. The van der Waals surface area contributed by atoms with Crippen molar-refractivity contribution in [3.05, 3.63) is 29.8 Å². The fourth-order valence-corrected chi connectivity index (χ4v) is 2.47. The highest BCUT2D eigenvalue weighted by atomic mass is 32.2. The van der Waals surface area contributed by atoms with Gasteiger partial charge in [0.1, 0.15) is 0 Å². The van der Waals surface area contributed by atoms with Gasteiger partial charge in [0.15, 0.2) is 0 Å². The minimum Gasteiger partial charge on any atom is -0.388 e. The summed E-state index contributed by atoms with van der Waals surface area (Å²) in [5.41, 5.74) is 1.08. The minimum atomic E-state index is -0.303. The molecule has 0 saturated carbocycles. The van der Waals surface area contributed by atoms with Crippen LogP contribution < -0.4 is 0 Å². The van der Waals surface area contributed by atoms with Crippen LogP contribution in [0.2, 0.25) is 0 Å². The van der Waals surface area contributed by atoms with E-state index in [0.29, 0.717) is 0 Å². The third kappa shape index (κ3) is 4.18. The van der Waals surface area contributed by atoms with Gasteiger partial charge in [-0.25, -0.2) is 0 Å². The Bertz CT molecular complexity index is 309. The van der Waals surface area contributed by atoms with Gasteiger partial charge in [-0.3, -0.25) is 0 Å². The molecule has 2 heteroatoms. The summed E-state index contributed by atoms with van der Waals surface area (Å²) in [6.07, 6.45) is 4.91. The summed E-state index contributed by atoms with van der Waals surface area (Å²) in [6.45, 7) is 4.45. The summed E-state index contributed by atoms with van der Waals surface area (Å²) < 4.78 is 0. The van der Waals surface area contributed by atoms with Crippen LogP contribution in [0.4, 0.5) is 0 Å². The molecule has 0 aliphatic heterocycles.